The quantitative estimate of drug-likeness (QED) is 0.779. The third-order valence-electron chi connectivity index (χ3n) is 1.83. The molecule has 5 heteroatoms. The molecule has 0 aliphatic heterocycles. The van der Waals surface area contributed by atoms with Crippen molar-refractivity contribution in [2.75, 3.05) is 25.7 Å². The van der Waals surface area contributed by atoms with Gasteiger partial charge in [0.2, 0.25) is 0 Å². The smallest absolute Gasteiger partial charge is 0.186 e. The summed E-state index contributed by atoms with van der Waals surface area (Å²) in [6.07, 6.45) is 0. The van der Waals surface area contributed by atoms with Crippen LogP contribution >= 0.6 is 22.9 Å². The maximum Gasteiger partial charge on any atom is 0.186 e. The zero-order valence-electron chi connectivity index (χ0n) is 7.95. The fourth-order valence-electron chi connectivity index (χ4n) is 0.949. The number of nitrogens with zero attached hydrogens (tertiary/aromatic N) is 2. The van der Waals surface area contributed by atoms with Crippen molar-refractivity contribution in [1.82, 2.24) is 4.98 Å². The number of hydrogen-bond donors (Lipinski definition) is 0. The van der Waals surface area contributed by atoms with Gasteiger partial charge in [-0.05, 0) is 6.92 Å². The maximum atomic E-state index is 5.73. The highest BCUT2D eigenvalue weighted by Crippen LogP contribution is 2.23. The Hall–Kier alpha value is -0.320. The van der Waals surface area contributed by atoms with Crippen LogP contribution < -0.4 is 4.90 Å². The standard InChI is InChI=1S/C8H13ClN2OS/c1-6(4-12-3)11(2)8-10-7(9)5-13-8/h5-6H,4H2,1-3H3. The predicted octanol–water partition coefficient (Wildman–Crippen LogP) is 2.27. The Morgan fingerprint density at radius 3 is 2.92 bits per heavy atom. The van der Waals surface area contributed by atoms with Gasteiger partial charge in [0.1, 0.15) is 5.15 Å². The number of methoxy groups -OCH3 is 1. The van der Waals surface area contributed by atoms with Crippen LogP contribution in [0.4, 0.5) is 5.13 Å². The van der Waals surface area contributed by atoms with Gasteiger partial charge in [-0.15, -0.1) is 11.3 Å². The molecule has 1 atom stereocenters. The third-order valence-corrected chi connectivity index (χ3v) is 3.09. The first-order valence-electron chi connectivity index (χ1n) is 3.98. The van der Waals surface area contributed by atoms with Gasteiger partial charge in [-0.3, -0.25) is 0 Å². The van der Waals surface area contributed by atoms with E-state index in [1.807, 2.05) is 12.4 Å². The average molecular weight is 221 g/mol. The van der Waals surface area contributed by atoms with Crippen LogP contribution in [-0.2, 0) is 4.74 Å². The van der Waals surface area contributed by atoms with Crippen LogP contribution in [0, 0.1) is 0 Å². The molecule has 0 radical (unpaired) electrons. The second kappa shape index (κ2) is 4.79. The molecule has 1 rings (SSSR count). The van der Waals surface area contributed by atoms with E-state index in [2.05, 4.69) is 16.8 Å². The lowest BCUT2D eigenvalue weighted by molar-refractivity contribution is 0.183. The molecule has 0 spiro atoms. The van der Waals surface area contributed by atoms with Crippen molar-refractivity contribution in [1.29, 1.82) is 0 Å². The Morgan fingerprint density at radius 1 is 1.77 bits per heavy atom. The van der Waals surface area contributed by atoms with Crippen LogP contribution in [-0.4, -0.2) is 31.8 Å². The Kier molecular flexibility index (Phi) is 3.96. The van der Waals surface area contributed by atoms with E-state index < -0.39 is 0 Å². The van der Waals surface area contributed by atoms with Gasteiger partial charge in [0, 0.05) is 19.5 Å². The summed E-state index contributed by atoms with van der Waals surface area (Å²) in [7, 11) is 3.68. The average Bonchev–Trinajstić information content (AvgIpc) is 2.51. The minimum Gasteiger partial charge on any atom is -0.383 e. The Bertz CT molecular complexity index is 266. The molecule has 1 unspecified atom stereocenters. The van der Waals surface area contributed by atoms with E-state index in [-0.39, 0.29) is 0 Å². The largest absolute Gasteiger partial charge is 0.383 e. The van der Waals surface area contributed by atoms with Crippen LogP contribution in [0.1, 0.15) is 6.92 Å². The summed E-state index contributed by atoms with van der Waals surface area (Å²) in [4.78, 5) is 6.22. The molecule has 1 aromatic heterocycles. The van der Waals surface area contributed by atoms with Crippen LogP contribution in [0.2, 0.25) is 5.15 Å². The van der Waals surface area contributed by atoms with E-state index in [0.717, 1.165) is 5.13 Å². The molecular weight excluding hydrogens is 208 g/mol. The van der Waals surface area contributed by atoms with E-state index in [1.54, 1.807) is 7.11 Å². The number of hydrogen-bond acceptors (Lipinski definition) is 4. The minimum absolute atomic E-state index is 0.312. The normalized spacial score (nSPS) is 12.9. The summed E-state index contributed by atoms with van der Waals surface area (Å²) in [6, 6.07) is 0.312. The molecule has 0 aromatic carbocycles. The lowest BCUT2D eigenvalue weighted by atomic mass is 10.3. The van der Waals surface area contributed by atoms with Gasteiger partial charge in [-0.1, -0.05) is 11.6 Å². The van der Waals surface area contributed by atoms with E-state index in [1.165, 1.54) is 11.3 Å². The van der Waals surface area contributed by atoms with Crippen molar-refractivity contribution >= 4 is 28.1 Å². The first kappa shape index (κ1) is 10.8. The number of ether oxygens (including phenoxy) is 1. The van der Waals surface area contributed by atoms with Crippen LogP contribution in [0.15, 0.2) is 5.38 Å². The summed E-state index contributed by atoms with van der Waals surface area (Å²) >= 11 is 7.27. The van der Waals surface area contributed by atoms with Gasteiger partial charge < -0.3 is 9.64 Å². The molecule has 0 aliphatic rings. The van der Waals surface area contributed by atoms with E-state index in [4.69, 9.17) is 16.3 Å². The molecule has 0 saturated carbocycles. The first-order chi connectivity index (χ1) is 6.15. The van der Waals surface area contributed by atoms with Gasteiger partial charge in [0.05, 0.1) is 12.6 Å². The number of halogens is 1. The summed E-state index contributed by atoms with van der Waals surface area (Å²) in [5.74, 6) is 0. The fourth-order valence-corrected chi connectivity index (χ4v) is 1.97. The molecule has 0 fully saturated rings. The van der Waals surface area contributed by atoms with Crippen molar-refractivity contribution in [2.24, 2.45) is 0 Å². The SMILES string of the molecule is COCC(C)N(C)c1nc(Cl)cs1. The Labute approximate surface area is 87.3 Å². The van der Waals surface area contributed by atoms with Gasteiger partial charge >= 0.3 is 0 Å². The van der Waals surface area contributed by atoms with Gasteiger partial charge in [-0.25, -0.2) is 4.98 Å². The van der Waals surface area contributed by atoms with Crippen molar-refractivity contribution in [3.8, 4) is 0 Å². The molecule has 13 heavy (non-hydrogen) atoms. The lowest BCUT2D eigenvalue weighted by Gasteiger charge is -2.23. The predicted molar refractivity (Wildman–Crippen MR) is 56.9 cm³/mol. The number of anilines is 1. The molecule has 0 saturated heterocycles. The summed E-state index contributed by atoms with van der Waals surface area (Å²) < 4.78 is 5.06. The third kappa shape index (κ3) is 2.83. The maximum absolute atomic E-state index is 5.73. The van der Waals surface area contributed by atoms with Crippen LogP contribution in [0.3, 0.4) is 0 Å². The zero-order chi connectivity index (χ0) is 9.84. The fraction of sp³-hybridized carbons (Fsp3) is 0.625. The molecule has 3 nitrogen and oxygen atoms in total. The number of thiazole rings is 1. The second-order valence-electron chi connectivity index (χ2n) is 2.87. The van der Waals surface area contributed by atoms with Crippen molar-refractivity contribution in [3.05, 3.63) is 10.5 Å². The molecule has 0 amide bonds. The van der Waals surface area contributed by atoms with E-state index in [0.29, 0.717) is 17.8 Å². The van der Waals surface area contributed by atoms with Crippen LogP contribution in [0.5, 0.6) is 0 Å². The summed E-state index contributed by atoms with van der Waals surface area (Å²) in [5.41, 5.74) is 0. The molecule has 1 aromatic rings. The highest BCUT2D eigenvalue weighted by molar-refractivity contribution is 7.14. The highest BCUT2D eigenvalue weighted by atomic mass is 35.5. The number of likely N-dealkylation sites (N-methyl/N-ethyl adjacent to an activating group) is 1. The number of rotatable bonds is 4. The number of aromatic nitrogens is 1. The van der Waals surface area contributed by atoms with Crippen molar-refractivity contribution in [3.63, 3.8) is 0 Å². The Balaban J connectivity index is 2.61. The molecule has 0 aliphatic carbocycles. The minimum atomic E-state index is 0.312. The van der Waals surface area contributed by atoms with Crippen LogP contribution in [0.25, 0.3) is 0 Å². The molecule has 0 N–H and O–H groups in total. The summed E-state index contributed by atoms with van der Waals surface area (Å²) in [5, 5.41) is 3.30. The van der Waals surface area contributed by atoms with E-state index >= 15 is 0 Å². The molecular formula is C8H13ClN2OS. The van der Waals surface area contributed by atoms with Gasteiger partial charge in [0.25, 0.3) is 0 Å². The molecule has 1 heterocycles. The van der Waals surface area contributed by atoms with Gasteiger partial charge in [0.15, 0.2) is 5.13 Å². The van der Waals surface area contributed by atoms with Crippen molar-refractivity contribution < 1.29 is 4.74 Å². The van der Waals surface area contributed by atoms with Gasteiger partial charge in [-0.2, -0.15) is 0 Å². The monoisotopic (exact) mass is 220 g/mol. The Morgan fingerprint density at radius 2 is 2.46 bits per heavy atom. The highest BCUT2D eigenvalue weighted by Gasteiger charge is 2.12. The summed E-state index contributed by atoms with van der Waals surface area (Å²) in [6.45, 7) is 2.77. The van der Waals surface area contributed by atoms with Crippen molar-refractivity contribution in [2.45, 2.75) is 13.0 Å². The zero-order valence-corrected chi connectivity index (χ0v) is 9.52. The second-order valence-corrected chi connectivity index (χ2v) is 4.09. The topological polar surface area (TPSA) is 25.4 Å². The molecule has 74 valence electrons. The first-order valence-corrected chi connectivity index (χ1v) is 5.23. The molecule has 0 bridgehead atoms. The lowest BCUT2D eigenvalue weighted by Crippen LogP contribution is -2.32. The van der Waals surface area contributed by atoms with E-state index in [9.17, 15) is 0 Å².